The summed E-state index contributed by atoms with van der Waals surface area (Å²) >= 11 is 0.889. The highest BCUT2D eigenvalue weighted by atomic mass is 32.2. The normalized spacial score (nSPS) is 15.0. The molecule has 0 aliphatic carbocycles. The van der Waals surface area contributed by atoms with Crippen molar-refractivity contribution < 1.29 is 19.1 Å². The van der Waals surface area contributed by atoms with Gasteiger partial charge in [0.05, 0.1) is 10.6 Å². The molecule has 1 aliphatic rings. The minimum Gasteiger partial charge on any atom is -0.490 e. The van der Waals surface area contributed by atoms with Crippen LogP contribution in [0, 0.1) is 0 Å². The van der Waals surface area contributed by atoms with Crippen LogP contribution < -0.4 is 15.0 Å². The molecule has 1 fully saturated rings. The fraction of sp³-hybridized carbons (Fsp3) is 0.0952. The van der Waals surface area contributed by atoms with E-state index in [1.807, 2.05) is 12.1 Å². The number of rotatable bonds is 6. The molecule has 2 aromatic carbocycles. The monoisotopic (exact) mass is 394 g/mol. The Kier molecular flexibility index (Phi) is 5.96. The third-order valence-corrected chi connectivity index (χ3v) is 4.65. The Morgan fingerprint density at radius 2 is 1.82 bits per heavy atom. The minimum atomic E-state index is -0.380. The molecule has 3 amide bonds. The van der Waals surface area contributed by atoms with E-state index in [0.29, 0.717) is 28.6 Å². The van der Waals surface area contributed by atoms with Crippen LogP contribution in [0.15, 0.2) is 66.1 Å². The number of amides is 3. The van der Waals surface area contributed by atoms with E-state index < -0.39 is 0 Å². The van der Waals surface area contributed by atoms with Gasteiger partial charge in [0.1, 0.15) is 12.4 Å². The molecule has 142 valence electrons. The molecule has 0 aromatic heterocycles. The lowest BCUT2D eigenvalue weighted by Crippen LogP contribution is -2.27. The molecule has 0 atom stereocenters. The molecule has 6 nitrogen and oxygen atoms in total. The number of carbonyl (C=O) groups is 3. The van der Waals surface area contributed by atoms with Gasteiger partial charge in [-0.3, -0.25) is 14.4 Å². The summed E-state index contributed by atoms with van der Waals surface area (Å²) in [5.41, 5.74) is 1.84. The zero-order chi connectivity index (χ0) is 20.1. The van der Waals surface area contributed by atoms with Gasteiger partial charge in [0.15, 0.2) is 0 Å². The lowest BCUT2D eigenvalue weighted by atomic mass is 10.2. The van der Waals surface area contributed by atoms with Crippen LogP contribution in [0.2, 0.25) is 0 Å². The maximum atomic E-state index is 12.7. The predicted octanol–water partition coefficient (Wildman–Crippen LogP) is 4.45. The van der Waals surface area contributed by atoms with Crippen molar-refractivity contribution >= 4 is 46.3 Å². The van der Waals surface area contributed by atoms with Crippen LogP contribution in [-0.4, -0.2) is 23.7 Å². The summed E-state index contributed by atoms with van der Waals surface area (Å²) in [6, 6.07) is 13.7. The van der Waals surface area contributed by atoms with E-state index in [0.717, 1.165) is 22.2 Å². The molecule has 1 heterocycles. The van der Waals surface area contributed by atoms with Crippen molar-refractivity contribution in [3.8, 4) is 5.75 Å². The Morgan fingerprint density at radius 1 is 1.14 bits per heavy atom. The first-order chi connectivity index (χ1) is 13.5. The van der Waals surface area contributed by atoms with Gasteiger partial charge in [-0.25, -0.2) is 4.90 Å². The molecular weight excluding hydrogens is 376 g/mol. The summed E-state index contributed by atoms with van der Waals surface area (Å²) in [6.07, 6.45) is 3.33. The van der Waals surface area contributed by atoms with Crippen LogP contribution >= 0.6 is 11.8 Å². The lowest BCUT2D eigenvalue weighted by Gasteiger charge is -2.13. The topological polar surface area (TPSA) is 75.7 Å². The molecule has 0 spiro atoms. The van der Waals surface area contributed by atoms with E-state index in [2.05, 4.69) is 11.9 Å². The van der Waals surface area contributed by atoms with Gasteiger partial charge in [0.25, 0.3) is 11.1 Å². The van der Waals surface area contributed by atoms with Gasteiger partial charge in [-0.1, -0.05) is 24.8 Å². The lowest BCUT2D eigenvalue weighted by molar-refractivity contribution is -0.114. The zero-order valence-electron chi connectivity index (χ0n) is 15.2. The highest BCUT2D eigenvalue weighted by Gasteiger charge is 2.36. The van der Waals surface area contributed by atoms with E-state index in [1.54, 1.807) is 48.6 Å². The van der Waals surface area contributed by atoms with Crippen LogP contribution in [0.4, 0.5) is 16.2 Å². The molecule has 1 aliphatic heterocycles. The number of carbonyl (C=O) groups excluding carboxylic acids is 3. The average molecular weight is 394 g/mol. The molecule has 3 rings (SSSR count). The minimum absolute atomic E-state index is 0.192. The summed E-state index contributed by atoms with van der Waals surface area (Å²) in [4.78, 5) is 37.6. The van der Waals surface area contributed by atoms with E-state index in [9.17, 15) is 14.4 Å². The van der Waals surface area contributed by atoms with Crippen LogP contribution in [0.25, 0.3) is 6.08 Å². The van der Waals surface area contributed by atoms with Gasteiger partial charge in [-0.2, -0.15) is 0 Å². The van der Waals surface area contributed by atoms with E-state index >= 15 is 0 Å². The van der Waals surface area contributed by atoms with Crippen molar-refractivity contribution in [3.05, 3.63) is 71.7 Å². The van der Waals surface area contributed by atoms with Crippen molar-refractivity contribution in [2.75, 3.05) is 16.8 Å². The van der Waals surface area contributed by atoms with Crippen molar-refractivity contribution in [3.63, 3.8) is 0 Å². The Bertz CT molecular complexity index is 949. The smallest absolute Gasteiger partial charge is 0.298 e. The summed E-state index contributed by atoms with van der Waals surface area (Å²) in [5.74, 6) is 0.126. The molecule has 1 N–H and O–H groups in total. The van der Waals surface area contributed by atoms with Gasteiger partial charge >= 0.3 is 0 Å². The summed E-state index contributed by atoms with van der Waals surface area (Å²) in [7, 11) is 0. The third kappa shape index (κ3) is 4.50. The Balaban J connectivity index is 1.76. The first-order valence-corrected chi connectivity index (χ1v) is 9.29. The third-order valence-electron chi connectivity index (χ3n) is 3.79. The molecule has 28 heavy (non-hydrogen) atoms. The van der Waals surface area contributed by atoms with Gasteiger partial charge in [-0.05, 0) is 59.8 Å². The SMILES string of the molecule is C=CCOc1ccc(/C=C2\SC(=O)N(c3ccc(NC(C)=O)cc3)C2=O)cc1. The van der Waals surface area contributed by atoms with Gasteiger partial charge in [-0.15, -0.1) is 0 Å². The number of nitrogens with one attached hydrogen (secondary N) is 1. The number of ether oxygens (including phenoxy) is 1. The molecule has 1 saturated heterocycles. The molecule has 0 saturated carbocycles. The van der Waals surface area contributed by atoms with Crippen LogP contribution in [-0.2, 0) is 9.59 Å². The highest BCUT2D eigenvalue weighted by molar-refractivity contribution is 8.19. The van der Waals surface area contributed by atoms with Crippen LogP contribution in [0.3, 0.4) is 0 Å². The Morgan fingerprint density at radius 3 is 2.43 bits per heavy atom. The maximum absolute atomic E-state index is 12.7. The molecule has 0 unspecified atom stereocenters. The zero-order valence-corrected chi connectivity index (χ0v) is 16.0. The number of hydrogen-bond acceptors (Lipinski definition) is 5. The highest BCUT2D eigenvalue weighted by Crippen LogP contribution is 2.36. The maximum Gasteiger partial charge on any atom is 0.298 e. The molecule has 2 aromatic rings. The van der Waals surface area contributed by atoms with Crippen LogP contribution in [0.5, 0.6) is 5.75 Å². The number of benzene rings is 2. The number of imide groups is 1. The number of anilines is 2. The van der Waals surface area contributed by atoms with E-state index in [-0.39, 0.29) is 17.1 Å². The number of thioether (sulfide) groups is 1. The predicted molar refractivity (Wildman–Crippen MR) is 111 cm³/mol. The largest absolute Gasteiger partial charge is 0.490 e. The second-order valence-corrected chi connectivity index (χ2v) is 6.91. The first-order valence-electron chi connectivity index (χ1n) is 8.47. The van der Waals surface area contributed by atoms with Crippen LogP contribution in [0.1, 0.15) is 12.5 Å². The van der Waals surface area contributed by atoms with Gasteiger partial charge < -0.3 is 10.1 Å². The van der Waals surface area contributed by atoms with Crippen molar-refractivity contribution in [2.24, 2.45) is 0 Å². The average Bonchev–Trinajstić information content (AvgIpc) is 2.95. The first kappa shape index (κ1) is 19.4. The fourth-order valence-electron chi connectivity index (χ4n) is 2.55. The summed E-state index contributed by atoms with van der Waals surface area (Å²) in [5, 5.41) is 2.28. The van der Waals surface area contributed by atoms with E-state index in [1.165, 1.54) is 6.92 Å². The summed E-state index contributed by atoms with van der Waals surface area (Å²) < 4.78 is 5.43. The van der Waals surface area contributed by atoms with Crippen molar-refractivity contribution in [1.29, 1.82) is 0 Å². The Labute approximate surface area is 166 Å². The van der Waals surface area contributed by atoms with E-state index in [4.69, 9.17) is 4.74 Å². The Hall–Kier alpha value is -3.32. The second-order valence-electron chi connectivity index (χ2n) is 5.91. The second kappa shape index (κ2) is 8.58. The van der Waals surface area contributed by atoms with Crippen molar-refractivity contribution in [2.45, 2.75) is 6.92 Å². The molecular formula is C21H18N2O4S. The summed E-state index contributed by atoms with van der Waals surface area (Å²) in [6.45, 7) is 5.42. The molecule has 0 bridgehead atoms. The standard InChI is InChI=1S/C21H18N2O4S/c1-3-12-27-18-10-4-15(5-11-18)13-19-20(25)23(21(26)28-19)17-8-6-16(7-9-17)22-14(2)24/h3-11,13H,1,12H2,2H3,(H,22,24)/b19-13-. The quantitative estimate of drug-likeness (QED) is 0.579. The number of hydrogen-bond donors (Lipinski definition) is 1. The van der Waals surface area contributed by atoms with Gasteiger partial charge in [0, 0.05) is 12.6 Å². The molecule has 7 heteroatoms. The molecule has 0 radical (unpaired) electrons. The van der Waals surface area contributed by atoms with Crippen molar-refractivity contribution in [1.82, 2.24) is 0 Å². The van der Waals surface area contributed by atoms with Gasteiger partial charge in [0.2, 0.25) is 5.91 Å². The number of nitrogens with zero attached hydrogens (tertiary/aromatic N) is 1. The fourth-order valence-corrected chi connectivity index (χ4v) is 3.40.